The predicted molar refractivity (Wildman–Crippen MR) is 120 cm³/mol. The van der Waals surface area contributed by atoms with Crippen molar-refractivity contribution >= 4 is 16.9 Å². The highest BCUT2D eigenvalue weighted by molar-refractivity contribution is 5.83. The summed E-state index contributed by atoms with van der Waals surface area (Å²) in [6, 6.07) is 21.5. The van der Waals surface area contributed by atoms with Gasteiger partial charge in [-0.25, -0.2) is 0 Å². The molecule has 5 nitrogen and oxygen atoms in total. The van der Waals surface area contributed by atoms with Crippen molar-refractivity contribution in [2.45, 2.75) is 25.4 Å². The molecule has 4 rings (SSSR count). The Kier molecular flexibility index (Phi) is 6.37. The lowest BCUT2D eigenvalue weighted by Crippen LogP contribution is -2.42. The third-order valence-corrected chi connectivity index (χ3v) is 5.61. The molecule has 0 aliphatic carbocycles. The number of pyridine rings is 1. The zero-order valence-corrected chi connectivity index (χ0v) is 17.0. The van der Waals surface area contributed by atoms with Gasteiger partial charge in [0.15, 0.2) is 5.96 Å². The fourth-order valence-electron chi connectivity index (χ4n) is 4.09. The molecule has 0 saturated carbocycles. The van der Waals surface area contributed by atoms with Crippen LogP contribution in [0, 0.1) is 0 Å². The van der Waals surface area contributed by atoms with Crippen molar-refractivity contribution in [2.75, 3.05) is 26.7 Å². The average Bonchev–Trinajstić information content (AvgIpc) is 3.31. The van der Waals surface area contributed by atoms with Crippen LogP contribution in [0.4, 0.5) is 0 Å². The summed E-state index contributed by atoms with van der Waals surface area (Å²) in [4.78, 5) is 11.5. The monoisotopic (exact) mass is 387 g/mol. The number of fused-ring (bicyclic) bond motifs is 1. The number of para-hydroxylation sites is 1. The fraction of sp³-hybridized carbons (Fsp3) is 0.333. The van der Waals surface area contributed by atoms with Gasteiger partial charge in [-0.15, -0.1) is 0 Å². The van der Waals surface area contributed by atoms with Crippen molar-refractivity contribution in [2.24, 2.45) is 4.99 Å². The van der Waals surface area contributed by atoms with Crippen LogP contribution in [0.15, 0.2) is 71.9 Å². The lowest BCUT2D eigenvalue weighted by atomic mass is 10.1. The first-order valence-electron chi connectivity index (χ1n) is 10.4. The predicted octanol–water partition coefficient (Wildman–Crippen LogP) is 3.74. The summed E-state index contributed by atoms with van der Waals surface area (Å²) in [5, 5.41) is 8.16. The Morgan fingerprint density at radius 2 is 1.79 bits per heavy atom. The third kappa shape index (κ3) is 4.74. The van der Waals surface area contributed by atoms with Crippen LogP contribution in [-0.4, -0.2) is 42.5 Å². The Balaban J connectivity index is 1.41. The molecule has 2 aromatic carbocycles. The zero-order valence-electron chi connectivity index (χ0n) is 17.0. The molecule has 29 heavy (non-hydrogen) atoms. The van der Waals surface area contributed by atoms with Crippen LogP contribution in [-0.2, 0) is 6.54 Å². The van der Waals surface area contributed by atoms with E-state index in [4.69, 9.17) is 0 Å². The minimum Gasteiger partial charge on any atom is -0.354 e. The maximum absolute atomic E-state index is 4.54. The van der Waals surface area contributed by atoms with Crippen molar-refractivity contribution in [1.82, 2.24) is 20.5 Å². The normalized spacial score (nSPS) is 16.1. The van der Waals surface area contributed by atoms with Crippen LogP contribution in [0.1, 0.15) is 30.0 Å². The molecular weight excluding hydrogens is 358 g/mol. The fourth-order valence-corrected chi connectivity index (χ4v) is 4.09. The number of hydrogen-bond acceptors (Lipinski definition) is 3. The Morgan fingerprint density at radius 3 is 2.59 bits per heavy atom. The molecule has 1 aliphatic heterocycles. The summed E-state index contributed by atoms with van der Waals surface area (Å²) in [5.41, 5.74) is 3.57. The lowest BCUT2D eigenvalue weighted by Gasteiger charge is -2.29. The molecule has 150 valence electrons. The number of aromatic nitrogens is 1. The molecule has 1 atom stereocenters. The number of guanidine groups is 1. The Morgan fingerprint density at radius 1 is 1.00 bits per heavy atom. The maximum Gasteiger partial charge on any atom is 0.191 e. The number of benzene rings is 2. The van der Waals surface area contributed by atoms with Crippen LogP contribution < -0.4 is 10.6 Å². The van der Waals surface area contributed by atoms with Crippen LogP contribution >= 0.6 is 0 Å². The maximum atomic E-state index is 4.54. The van der Waals surface area contributed by atoms with E-state index in [9.17, 15) is 0 Å². The van der Waals surface area contributed by atoms with E-state index in [0.717, 1.165) is 36.5 Å². The second-order valence-electron chi connectivity index (χ2n) is 7.47. The summed E-state index contributed by atoms with van der Waals surface area (Å²) in [5.74, 6) is 0.818. The SMILES string of the molecule is CN=C(NCc1cccc2cccnc12)NCC(c1ccccc1)N1CCCC1. The standard InChI is InChI=1S/C24H29N5/c1-25-24(27-17-21-12-7-11-20-13-8-14-26-23(20)21)28-18-22(29-15-5-6-16-29)19-9-3-2-4-10-19/h2-4,7-14,22H,5-6,15-18H2,1H3,(H2,25,27,28). The minimum atomic E-state index is 0.358. The van der Waals surface area contributed by atoms with Gasteiger partial charge >= 0.3 is 0 Å². The Bertz CT molecular complexity index is 942. The Labute approximate surface area is 172 Å². The molecule has 1 aliphatic rings. The summed E-state index contributed by atoms with van der Waals surface area (Å²) in [6.07, 6.45) is 4.41. The van der Waals surface area contributed by atoms with E-state index in [1.54, 1.807) is 0 Å². The molecular formula is C24H29N5. The number of nitrogens with one attached hydrogen (secondary N) is 2. The Hall–Kier alpha value is -2.92. The second kappa shape index (κ2) is 9.52. The zero-order chi connectivity index (χ0) is 19.9. The second-order valence-corrected chi connectivity index (χ2v) is 7.47. The molecule has 5 heteroatoms. The molecule has 0 amide bonds. The first-order valence-corrected chi connectivity index (χ1v) is 10.4. The van der Waals surface area contributed by atoms with Crippen molar-refractivity contribution in [3.63, 3.8) is 0 Å². The summed E-state index contributed by atoms with van der Waals surface area (Å²) in [7, 11) is 1.82. The van der Waals surface area contributed by atoms with Gasteiger partial charge in [0.05, 0.1) is 11.6 Å². The van der Waals surface area contributed by atoms with Crippen molar-refractivity contribution in [1.29, 1.82) is 0 Å². The van der Waals surface area contributed by atoms with Crippen molar-refractivity contribution < 1.29 is 0 Å². The van der Waals surface area contributed by atoms with Gasteiger partial charge < -0.3 is 10.6 Å². The molecule has 2 heterocycles. The smallest absolute Gasteiger partial charge is 0.191 e. The van der Waals surface area contributed by atoms with Gasteiger partial charge in [-0.3, -0.25) is 14.9 Å². The topological polar surface area (TPSA) is 52.6 Å². The van der Waals surface area contributed by atoms with Gasteiger partial charge in [0.1, 0.15) is 0 Å². The van der Waals surface area contributed by atoms with Gasteiger partial charge in [0.25, 0.3) is 0 Å². The molecule has 0 bridgehead atoms. The number of likely N-dealkylation sites (tertiary alicyclic amines) is 1. The quantitative estimate of drug-likeness (QED) is 0.500. The van der Waals surface area contributed by atoms with E-state index in [2.05, 4.69) is 80.1 Å². The van der Waals surface area contributed by atoms with E-state index < -0.39 is 0 Å². The molecule has 1 unspecified atom stereocenters. The molecule has 0 spiro atoms. The van der Waals surface area contributed by atoms with Gasteiger partial charge in [0.2, 0.25) is 0 Å². The first kappa shape index (κ1) is 19.4. The number of hydrogen-bond donors (Lipinski definition) is 2. The molecule has 3 aromatic rings. The molecule has 0 radical (unpaired) electrons. The van der Waals surface area contributed by atoms with E-state index in [1.165, 1.54) is 24.0 Å². The van der Waals surface area contributed by atoms with Gasteiger partial charge in [-0.2, -0.15) is 0 Å². The van der Waals surface area contributed by atoms with Gasteiger partial charge in [-0.05, 0) is 43.1 Å². The van der Waals surface area contributed by atoms with Crippen molar-refractivity contribution in [3.8, 4) is 0 Å². The van der Waals surface area contributed by atoms with Crippen LogP contribution in [0.25, 0.3) is 10.9 Å². The molecule has 1 saturated heterocycles. The van der Waals surface area contributed by atoms with E-state index in [-0.39, 0.29) is 0 Å². The molecule has 2 N–H and O–H groups in total. The first-order chi connectivity index (χ1) is 14.3. The van der Waals surface area contributed by atoms with Gasteiger partial charge in [-0.1, -0.05) is 54.6 Å². The summed E-state index contributed by atoms with van der Waals surface area (Å²) in [6.45, 7) is 3.84. The average molecular weight is 388 g/mol. The highest BCUT2D eigenvalue weighted by Gasteiger charge is 2.23. The minimum absolute atomic E-state index is 0.358. The lowest BCUT2D eigenvalue weighted by molar-refractivity contribution is 0.245. The van der Waals surface area contributed by atoms with E-state index in [0.29, 0.717) is 12.6 Å². The highest BCUT2D eigenvalue weighted by Crippen LogP contribution is 2.24. The van der Waals surface area contributed by atoms with Crippen molar-refractivity contribution in [3.05, 3.63) is 78.0 Å². The number of aliphatic imine (C=N–C) groups is 1. The van der Waals surface area contributed by atoms with Crippen LogP contribution in [0.2, 0.25) is 0 Å². The highest BCUT2D eigenvalue weighted by atomic mass is 15.2. The number of nitrogens with zero attached hydrogens (tertiary/aromatic N) is 3. The van der Waals surface area contributed by atoms with E-state index >= 15 is 0 Å². The summed E-state index contributed by atoms with van der Waals surface area (Å²) >= 11 is 0. The van der Waals surface area contributed by atoms with Gasteiger partial charge in [0, 0.05) is 31.7 Å². The third-order valence-electron chi connectivity index (χ3n) is 5.61. The summed E-state index contributed by atoms with van der Waals surface area (Å²) < 4.78 is 0. The van der Waals surface area contributed by atoms with Crippen LogP contribution in [0.5, 0.6) is 0 Å². The molecule has 1 fully saturated rings. The van der Waals surface area contributed by atoms with Crippen LogP contribution in [0.3, 0.4) is 0 Å². The van der Waals surface area contributed by atoms with E-state index in [1.807, 2.05) is 19.3 Å². The molecule has 1 aromatic heterocycles. The number of rotatable bonds is 6. The largest absolute Gasteiger partial charge is 0.354 e.